The van der Waals surface area contributed by atoms with Gasteiger partial charge < -0.3 is 9.80 Å². The van der Waals surface area contributed by atoms with Crippen LogP contribution in [0.4, 0.5) is 5.95 Å². The zero-order chi connectivity index (χ0) is 17.9. The third-order valence-corrected chi connectivity index (χ3v) is 5.36. The Labute approximate surface area is 160 Å². The van der Waals surface area contributed by atoms with E-state index in [1.54, 1.807) is 29.7 Å². The van der Waals surface area contributed by atoms with E-state index in [9.17, 15) is 4.79 Å². The maximum absolute atomic E-state index is 12.6. The van der Waals surface area contributed by atoms with Gasteiger partial charge in [0.15, 0.2) is 0 Å². The van der Waals surface area contributed by atoms with Crippen LogP contribution in [0.2, 0.25) is 5.15 Å². The molecule has 0 N–H and O–H groups in total. The van der Waals surface area contributed by atoms with Gasteiger partial charge in [-0.2, -0.15) is 0 Å². The molecular weight excluding hydrogens is 370 g/mol. The molecule has 3 aromatic rings. The van der Waals surface area contributed by atoms with Crippen molar-refractivity contribution in [3.05, 3.63) is 58.8 Å². The van der Waals surface area contributed by atoms with E-state index in [0.29, 0.717) is 42.8 Å². The molecule has 0 aliphatic carbocycles. The van der Waals surface area contributed by atoms with E-state index in [1.807, 2.05) is 28.5 Å². The Balaban J connectivity index is 1.43. The fraction of sp³-hybridized carbons (Fsp3) is 0.222. The highest BCUT2D eigenvalue weighted by Gasteiger charge is 2.24. The Morgan fingerprint density at radius 3 is 2.62 bits per heavy atom. The molecule has 0 bridgehead atoms. The molecule has 1 saturated heterocycles. The normalized spacial score (nSPS) is 14.5. The van der Waals surface area contributed by atoms with Crippen molar-refractivity contribution in [1.29, 1.82) is 0 Å². The molecule has 3 aromatic heterocycles. The predicted molar refractivity (Wildman–Crippen MR) is 103 cm³/mol. The number of hydrogen-bond donors (Lipinski definition) is 0. The van der Waals surface area contributed by atoms with Gasteiger partial charge in [-0.1, -0.05) is 17.7 Å². The van der Waals surface area contributed by atoms with Gasteiger partial charge in [0.25, 0.3) is 5.91 Å². The summed E-state index contributed by atoms with van der Waals surface area (Å²) < 4.78 is 0. The van der Waals surface area contributed by atoms with E-state index >= 15 is 0 Å². The van der Waals surface area contributed by atoms with Gasteiger partial charge in [0.05, 0.1) is 16.1 Å². The lowest BCUT2D eigenvalue weighted by atomic mass is 10.2. The number of thiophene rings is 1. The van der Waals surface area contributed by atoms with Crippen LogP contribution < -0.4 is 4.90 Å². The molecule has 1 fully saturated rings. The van der Waals surface area contributed by atoms with Gasteiger partial charge in [-0.15, -0.1) is 11.3 Å². The third-order valence-electron chi connectivity index (χ3n) is 4.24. The molecule has 1 amide bonds. The standard InChI is InChI=1S/C18H16ClN5OS/c19-16-4-3-13(12-21-16)17(25)23-7-9-24(10-8-23)18-20-6-5-14(22-18)15-2-1-11-26-15/h1-6,11-12H,7-10H2. The minimum absolute atomic E-state index is 0.0259. The van der Waals surface area contributed by atoms with Crippen LogP contribution in [0, 0.1) is 0 Å². The average Bonchev–Trinajstić information content (AvgIpc) is 3.23. The van der Waals surface area contributed by atoms with Gasteiger partial charge in [0.2, 0.25) is 5.95 Å². The van der Waals surface area contributed by atoms with E-state index in [2.05, 4.69) is 19.9 Å². The smallest absolute Gasteiger partial charge is 0.255 e. The van der Waals surface area contributed by atoms with Crippen LogP contribution in [0.5, 0.6) is 0 Å². The first-order valence-corrected chi connectivity index (χ1v) is 9.49. The van der Waals surface area contributed by atoms with E-state index in [-0.39, 0.29) is 5.91 Å². The van der Waals surface area contributed by atoms with Crippen molar-refractivity contribution in [2.75, 3.05) is 31.1 Å². The molecule has 26 heavy (non-hydrogen) atoms. The van der Waals surface area contributed by atoms with Crippen LogP contribution in [-0.4, -0.2) is 51.9 Å². The first kappa shape index (κ1) is 16.9. The number of halogens is 1. The summed E-state index contributed by atoms with van der Waals surface area (Å²) in [7, 11) is 0. The fourth-order valence-corrected chi connectivity index (χ4v) is 3.66. The van der Waals surface area contributed by atoms with Crippen LogP contribution in [0.3, 0.4) is 0 Å². The Bertz CT molecular complexity index is 892. The second-order valence-electron chi connectivity index (χ2n) is 5.87. The number of pyridine rings is 1. The van der Waals surface area contributed by atoms with E-state index in [4.69, 9.17) is 11.6 Å². The second-order valence-corrected chi connectivity index (χ2v) is 7.20. The van der Waals surface area contributed by atoms with Crippen LogP contribution >= 0.6 is 22.9 Å². The summed E-state index contributed by atoms with van der Waals surface area (Å²) >= 11 is 7.44. The molecule has 132 valence electrons. The highest BCUT2D eigenvalue weighted by atomic mass is 35.5. The van der Waals surface area contributed by atoms with Crippen molar-refractivity contribution in [2.24, 2.45) is 0 Å². The summed E-state index contributed by atoms with van der Waals surface area (Å²) in [6, 6.07) is 9.32. The minimum atomic E-state index is -0.0259. The molecule has 0 atom stereocenters. The zero-order valence-electron chi connectivity index (χ0n) is 13.9. The summed E-state index contributed by atoms with van der Waals surface area (Å²) in [5, 5.41) is 2.42. The maximum atomic E-state index is 12.6. The lowest BCUT2D eigenvalue weighted by molar-refractivity contribution is 0.0746. The van der Waals surface area contributed by atoms with Crippen LogP contribution in [0.15, 0.2) is 48.1 Å². The molecule has 1 aliphatic heterocycles. The SMILES string of the molecule is O=C(c1ccc(Cl)nc1)N1CCN(c2nccc(-c3cccs3)n2)CC1. The lowest BCUT2D eigenvalue weighted by Gasteiger charge is -2.34. The number of anilines is 1. The molecule has 6 nitrogen and oxygen atoms in total. The zero-order valence-corrected chi connectivity index (χ0v) is 15.5. The Kier molecular flexibility index (Phi) is 4.81. The Hall–Kier alpha value is -2.51. The molecule has 0 unspecified atom stereocenters. The van der Waals surface area contributed by atoms with Crippen LogP contribution in [-0.2, 0) is 0 Å². The van der Waals surface area contributed by atoms with Crippen molar-refractivity contribution in [3.8, 4) is 10.6 Å². The van der Waals surface area contributed by atoms with Gasteiger partial charge in [0, 0.05) is 38.6 Å². The van der Waals surface area contributed by atoms with Crippen LogP contribution in [0.25, 0.3) is 10.6 Å². The highest BCUT2D eigenvalue weighted by molar-refractivity contribution is 7.13. The maximum Gasteiger partial charge on any atom is 0.255 e. The molecule has 0 radical (unpaired) electrons. The minimum Gasteiger partial charge on any atom is -0.337 e. The molecule has 8 heteroatoms. The average molecular weight is 386 g/mol. The summed E-state index contributed by atoms with van der Waals surface area (Å²) in [5.41, 5.74) is 1.48. The van der Waals surface area contributed by atoms with Crippen molar-refractivity contribution in [3.63, 3.8) is 0 Å². The summed E-state index contributed by atoms with van der Waals surface area (Å²) in [5.74, 6) is 0.679. The number of piperazine rings is 1. The van der Waals surface area contributed by atoms with Crippen molar-refractivity contribution < 1.29 is 4.79 Å². The Morgan fingerprint density at radius 1 is 1.08 bits per heavy atom. The van der Waals surface area contributed by atoms with E-state index < -0.39 is 0 Å². The van der Waals surface area contributed by atoms with E-state index in [1.165, 1.54) is 6.20 Å². The molecule has 0 aromatic carbocycles. The van der Waals surface area contributed by atoms with Gasteiger partial charge in [-0.05, 0) is 29.6 Å². The number of aromatic nitrogens is 3. The molecule has 0 saturated carbocycles. The fourth-order valence-electron chi connectivity index (χ4n) is 2.86. The van der Waals surface area contributed by atoms with Crippen molar-refractivity contribution in [1.82, 2.24) is 19.9 Å². The number of hydrogen-bond acceptors (Lipinski definition) is 6. The largest absolute Gasteiger partial charge is 0.337 e. The first-order chi connectivity index (χ1) is 12.7. The predicted octanol–water partition coefficient (Wildman–Crippen LogP) is 3.22. The van der Waals surface area contributed by atoms with Crippen LogP contribution in [0.1, 0.15) is 10.4 Å². The van der Waals surface area contributed by atoms with Gasteiger partial charge >= 0.3 is 0 Å². The number of carbonyl (C=O) groups excluding carboxylic acids is 1. The molecule has 4 rings (SSSR count). The summed E-state index contributed by atoms with van der Waals surface area (Å²) in [4.78, 5) is 30.7. The van der Waals surface area contributed by atoms with Gasteiger partial charge in [-0.25, -0.2) is 15.0 Å². The van der Waals surface area contributed by atoms with Gasteiger partial charge in [-0.3, -0.25) is 4.79 Å². The Morgan fingerprint density at radius 2 is 1.92 bits per heavy atom. The van der Waals surface area contributed by atoms with E-state index in [0.717, 1.165) is 10.6 Å². The number of amides is 1. The summed E-state index contributed by atoms with van der Waals surface area (Å²) in [6.45, 7) is 2.63. The number of nitrogens with zero attached hydrogens (tertiary/aromatic N) is 5. The third kappa shape index (κ3) is 3.54. The number of rotatable bonds is 3. The topological polar surface area (TPSA) is 62.2 Å². The summed E-state index contributed by atoms with van der Waals surface area (Å²) in [6.07, 6.45) is 3.30. The quantitative estimate of drug-likeness (QED) is 0.648. The molecule has 4 heterocycles. The second kappa shape index (κ2) is 7.39. The molecular formula is C18H16ClN5OS. The molecule has 0 spiro atoms. The number of carbonyl (C=O) groups is 1. The molecule has 1 aliphatic rings. The van der Waals surface area contributed by atoms with Crippen molar-refractivity contribution in [2.45, 2.75) is 0 Å². The van der Waals surface area contributed by atoms with Gasteiger partial charge in [0.1, 0.15) is 5.15 Å². The first-order valence-electron chi connectivity index (χ1n) is 8.23. The monoisotopic (exact) mass is 385 g/mol. The highest BCUT2D eigenvalue weighted by Crippen LogP contribution is 2.24. The lowest BCUT2D eigenvalue weighted by Crippen LogP contribution is -2.49. The van der Waals surface area contributed by atoms with Crippen molar-refractivity contribution >= 4 is 34.8 Å².